The minimum absolute atomic E-state index is 0.175. The molecule has 2 rings (SSSR count). The summed E-state index contributed by atoms with van der Waals surface area (Å²) >= 11 is 0. The van der Waals surface area contributed by atoms with Gasteiger partial charge in [0, 0.05) is 18.2 Å². The molecule has 2 nitrogen and oxygen atoms in total. The van der Waals surface area contributed by atoms with Gasteiger partial charge in [0.1, 0.15) is 11.6 Å². The third-order valence-corrected chi connectivity index (χ3v) is 3.18. The predicted octanol–water partition coefficient (Wildman–Crippen LogP) is 4.00. The average Bonchev–Trinajstić information content (AvgIpc) is 2.46. The first-order valence-corrected chi connectivity index (χ1v) is 6.76. The molecule has 0 saturated heterocycles. The fraction of sp³-hybridized carbons (Fsp3) is 0.294. The largest absolute Gasteiger partial charge is 0.497 e. The molecule has 3 heteroatoms. The highest BCUT2D eigenvalue weighted by Crippen LogP contribution is 2.24. The van der Waals surface area contributed by atoms with Crippen LogP contribution >= 0.6 is 0 Å². The molecule has 0 amide bonds. The van der Waals surface area contributed by atoms with Gasteiger partial charge in [-0.2, -0.15) is 0 Å². The Balaban J connectivity index is 2.19. The van der Waals surface area contributed by atoms with Crippen LogP contribution in [0.1, 0.15) is 19.4 Å². The van der Waals surface area contributed by atoms with Crippen molar-refractivity contribution in [3.8, 4) is 16.9 Å². The Morgan fingerprint density at radius 2 is 1.70 bits per heavy atom. The zero-order valence-electron chi connectivity index (χ0n) is 12.1. The van der Waals surface area contributed by atoms with E-state index >= 15 is 0 Å². The van der Waals surface area contributed by atoms with E-state index in [1.165, 1.54) is 0 Å². The molecule has 2 aromatic carbocycles. The van der Waals surface area contributed by atoms with Gasteiger partial charge >= 0.3 is 0 Å². The topological polar surface area (TPSA) is 21.3 Å². The van der Waals surface area contributed by atoms with Crippen molar-refractivity contribution in [1.29, 1.82) is 0 Å². The lowest BCUT2D eigenvalue weighted by atomic mass is 10.0. The summed E-state index contributed by atoms with van der Waals surface area (Å²) in [6.45, 7) is 4.64. The van der Waals surface area contributed by atoms with Gasteiger partial charge in [-0.1, -0.05) is 38.1 Å². The molecule has 0 fully saturated rings. The van der Waals surface area contributed by atoms with Crippen LogP contribution in [0.25, 0.3) is 11.1 Å². The van der Waals surface area contributed by atoms with E-state index in [2.05, 4.69) is 5.32 Å². The number of hydrogen-bond donors (Lipinski definition) is 1. The molecule has 0 heterocycles. The first kappa shape index (κ1) is 14.5. The molecule has 0 spiro atoms. The molecule has 0 bridgehead atoms. The maximum absolute atomic E-state index is 14.1. The van der Waals surface area contributed by atoms with Crippen LogP contribution < -0.4 is 10.1 Å². The van der Waals surface area contributed by atoms with Crippen LogP contribution in [0.3, 0.4) is 0 Å². The molecule has 0 unspecified atom stereocenters. The number of methoxy groups -OCH3 is 1. The Kier molecular flexibility index (Phi) is 4.74. The Morgan fingerprint density at radius 1 is 1.05 bits per heavy atom. The van der Waals surface area contributed by atoms with Crippen LogP contribution in [0.4, 0.5) is 4.39 Å². The second-order valence-corrected chi connectivity index (χ2v) is 5.07. The van der Waals surface area contributed by atoms with Gasteiger partial charge in [-0.25, -0.2) is 4.39 Å². The second-order valence-electron chi connectivity index (χ2n) is 5.07. The smallest absolute Gasteiger partial charge is 0.128 e. The van der Waals surface area contributed by atoms with Crippen molar-refractivity contribution >= 4 is 0 Å². The van der Waals surface area contributed by atoms with Crippen LogP contribution in [0.5, 0.6) is 5.75 Å². The summed E-state index contributed by atoms with van der Waals surface area (Å²) in [6.07, 6.45) is 0. The van der Waals surface area contributed by atoms with E-state index in [1.807, 2.05) is 50.2 Å². The molecule has 0 aliphatic heterocycles. The number of halogens is 1. The molecule has 106 valence electrons. The van der Waals surface area contributed by atoms with Gasteiger partial charge in [0.05, 0.1) is 7.11 Å². The van der Waals surface area contributed by atoms with E-state index in [1.54, 1.807) is 13.2 Å². The highest BCUT2D eigenvalue weighted by Gasteiger charge is 2.06. The van der Waals surface area contributed by atoms with E-state index in [9.17, 15) is 4.39 Å². The maximum Gasteiger partial charge on any atom is 0.128 e. The molecule has 0 radical (unpaired) electrons. The normalized spacial score (nSPS) is 10.8. The average molecular weight is 273 g/mol. The van der Waals surface area contributed by atoms with Crippen molar-refractivity contribution in [2.75, 3.05) is 7.11 Å². The first-order valence-electron chi connectivity index (χ1n) is 6.76. The van der Waals surface area contributed by atoms with Crippen molar-refractivity contribution < 1.29 is 9.13 Å². The van der Waals surface area contributed by atoms with Crippen molar-refractivity contribution in [3.63, 3.8) is 0 Å². The number of ether oxygens (including phenoxy) is 1. The standard InChI is InChI=1S/C17H20FNO/c1-12(2)19-11-15-5-4-14(10-17(15)18)13-6-8-16(20-3)9-7-13/h4-10,12,19H,11H2,1-3H3. The van der Waals surface area contributed by atoms with Gasteiger partial charge in [0.15, 0.2) is 0 Å². The zero-order valence-corrected chi connectivity index (χ0v) is 12.1. The molecule has 0 aliphatic rings. The lowest BCUT2D eigenvalue weighted by molar-refractivity contribution is 0.415. The predicted molar refractivity (Wildman–Crippen MR) is 80.4 cm³/mol. The van der Waals surface area contributed by atoms with Crippen LogP contribution in [-0.4, -0.2) is 13.2 Å². The lowest BCUT2D eigenvalue weighted by Crippen LogP contribution is -2.22. The summed E-state index contributed by atoms with van der Waals surface area (Å²) in [4.78, 5) is 0. The quantitative estimate of drug-likeness (QED) is 0.889. The van der Waals surface area contributed by atoms with Crippen molar-refractivity contribution in [1.82, 2.24) is 5.32 Å². The summed E-state index contributed by atoms with van der Waals surface area (Å²) in [5.41, 5.74) is 2.54. The molecule has 0 saturated carbocycles. The third kappa shape index (κ3) is 3.58. The van der Waals surface area contributed by atoms with E-state index in [-0.39, 0.29) is 5.82 Å². The highest BCUT2D eigenvalue weighted by molar-refractivity contribution is 5.64. The second kappa shape index (κ2) is 6.53. The minimum atomic E-state index is -0.175. The summed E-state index contributed by atoms with van der Waals surface area (Å²) in [7, 11) is 1.63. The van der Waals surface area contributed by atoms with Gasteiger partial charge < -0.3 is 10.1 Å². The summed E-state index contributed by atoms with van der Waals surface area (Å²) in [6, 6.07) is 13.3. The van der Waals surface area contributed by atoms with Gasteiger partial charge in [0.25, 0.3) is 0 Å². The highest BCUT2D eigenvalue weighted by atomic mass is 19.1. The lowest BCUT2D eigenvalue weighted by Gasteiger charge is -2.10. The molecular formula is C17H20FNO. The summed E-state index contributed by atoms with van der Waals surface area (Å²) in [5, 5.41) is 3.22. The van der Waals surface area contributed by atoms with Gasteiger partial charge in [-0.15, -0.1) is 0 Å². The van der Waals surface area contributed by atoms with Gasteiger partial charge in [-0.05, 0) is 29.3 Å². The van der Waals surface area contributed by atoms with E-state index < -0.39 is 0 Å². The van der Waals surface area contributed by atoms with Crippen LogP contribution in [-0.2, 0) is 6.54 Å². The molecule has 0 atom stereocenters. The fourth-order valence-electron chi connectivity index (χ4n) is 1.97. The van der Waals surface area contributed by atoms with Crippen molar-refractivity contribution in [2.24, 2.45) is 0 Å². The number of rotatable bonds is 5. The van der Waals surface area contributed by atoms with E-state index in [0.29, 0.717) is 18.2 Å². The van der Waals surface area contributed by atoms with E-state index in [0.717, 1.165) is 16.9 Å². The Hall–Kier alpha value is -1.87. The van der Waals surface area contributed by atoms with Gasteiger partial charge in [-0.3, -0.25) is 0 Å². The molecule has 1 N–H and O–H groups in total. The summed E-state index contributed by atoms with van der Waals surface area (Å²) < 4.78 is 19.2. The van der Waals surface area contributed by atoms with Gasteiger partial charge in [0.2, 0.25) is 0 Å². The SMILES string of the molecule is COc1ccc(-c2ccc(CNC(C)C)c(F)c2)cc1. The Labute approximate surface area is 119 Å². The van der Waals surface area contributed by atoms with Crippen LogP contribution in [0, 0.1) is 5.82 Å². The van der Waals surface area contributed by atoms with Crippen LogP contribution in [0.2, 0.25) is 0 Å². The number of nitrogens with one attached hydrogen (secondary N) is 1. The maximum atomic E-state index is 14.1. The van der Waals surface area contributed by atoms with E-state index in [4.69, 9.17) is 4.74 Å². The first-order chi connectivity index (χ1) is 9.60. The monoisotopic (exact) mass is 273 g/mol. The zero-order chi connectivity index (χ0) is 14.5. The Bertz CT molecular complexity index is 564. The number of hydrogen-bond acceptors (Lipinski definition) is 2. The molecular weight excluding hydrogens is 253 g/mol. The molecule has 20 heavy (non-hydrogen) atoms. The fourth-order valence-corrected chi connectivity index (χ4v) is 1.97. The summed E-state index contributed by atoms with van der Waals surface area (Å²) in [5.74, 6) is 0.624. The minimum Gasteiger partial charge on any atom is -0.497 e. The van der Waals surface area contributed by atoms with Crippen LogP contribution in [0.15, 0.2) is 42.5 Å². The Morgan fingerprint density at radius 3 is 2.25 bits per heavy atom. The number of benzene rings is 2. The third-order valence-electron chi connectivity index (χ3n) is 3.18. The van der Waals surface area contributed by atoms with Crippen molar-refractivity contribution in [3.05, 3.63) is 53.8 Å². The molecule has 2 aromatic rings. The van der Waals surface area contributed by atoms with Crippen molar-refractivity contribution in [2.45, 2.75) is 26.4 Å². The molecule has 0 aromatic heterocycles. The molecule has 0 aliphatic carbocycles.